The molecule has 1 rings (SSSR count). The second-order valence-corrected chi connectivity index (χ2v) is 21.5. The molecule has 0 saturated carbocycles. The number of rotatable bonds is 20. The second-order valence-electron chi connectivity index (χ2n) is 15.8. The van der Waals surface area contributed by atoms with Crippen molar-refractivity contribution in [2.24, 2.45) is 29.6 Å². The smallest absolute Gasteiger partial charge is 0.333 e. The summed E-state index contributed by atoms with van der Waals surface area (Å²) in [6.45, 7) is 29.0. The second kappa shape index (κ2) is 22.1. The molecule has 13 heteroatoms. The quantitative estimate of drug-likeness (QED) is 0.0308. The summed E-state index contributed by atoms with van der Waals surface area (Å²) in [5.41, 5.74) is 0.761. The lowest BCUT2D eigenvalue weighted by molar-refractivity contribution is -0.336. The average molecular weight is 779 g/mol. The van der Waals surface area contributed by atoms with Gasteiger partial charge in [0.25, 0.3) is 0 Å². The first-order chi connectivity index (χ1) is 25.0. The average Bonchev–Trinajstić information content (AvgIpc) is 3.05. The number of carbonyl (C=O) groups excluding carboxylic acids is 5. The van der Waals surface area contributed by atoms with E-state index in [1.54, 1.807) is 66.7 Å². The summed E-state index contributed by atoms with van der Waals surface area (Å²) < 4.78 is 40.9. The van der Waals surface area contributed by atoms with E-state index in [0.717, 1.165) is 6.04 Å². The Labute approximate surface area is 324 Å². The zero-order valence-electron chi connectivity index (χ0n) is 35.0. The largest absolute Gasteiger partial charge is 0.463 e. The lowest BCUT2D eigenvalue weighted by atomic mass is 9.75. The minimum Gasteiger partial charge on any atom is -0.463 e. The van der Waals surface area contributed by atoms with E-state index in [9.17, 15) is 24.0 Å². The molecule has 0 aromatic rings. The van der Waals surface area contributed by atoms with Crippen LogP contribution in [0.1, 0.15) is 76.2 Å². The Balaban J connectivity index is 3.67. The van der Waals surface area contributed by atoms with Gasteiger partial charge in [-0.3, -0.25) is 14.4 Å². The van der Waals surface area contributed by atoms with Gasteiger partial charge >= 0.3 is 29.8 Å². The number of allylic oxidation sites excluding steroid dienone is 2. The van der Waals surface area contributed by atoms with E-state index in [2.05, 4.69) is 26.2 Å². The van der Waals surface area contributed by atoms with Crippen molar-refractivity contribution < 1.29 is 57.1 Å². The first-order valence-corrected chi connectivity index (χ1v) is 22.5. The van der Waals surface area contributed by atoms with Gasteiger partial charge in [0, 0.05) is 56.7 Å². The molecule has 1 saturated heterocycles. The van der Waals surface area contributed by atoms with Gasteiger partial charge < -0.3 is 33.2 Å². The molecule has 0 bridgehead atoms. The number of carbonyl (C=O) groups is 5. The maximum absolute atomic E-state index is 14.1. The molecular weight excluding hydrogens is 713 g/mol. The van der Waals surface area contributed by atoms with Gasteiger partial charge in [-0.1, -0.05) is 84.3 Å². The molecule has 0 spiro atoms. The van der Waals surface area contributed by atoms with Crippen molar-refractivity contribution >= 4 is 37.9 Å². The zero-order valence-corrected chi connectivity index (χ0v) is 36.0. The highest BCUT2D eigenvalue weighted by Crippen LogP contribution is 2.42. The fourth-order valence-corrected chi connectivity index (χ4v) is 7.17. The van der Waals surface area contributed by atoms with Crippen LogP contribution in [0, 0.1) is 29.6 Å². The van der Waals surface area contributed by atoms with Gasteiger partial charge in [-0.2, -0.15) is 0 Å². The summed E-state index contributed by atoms with van der Waals surface area (Å²) in [6, 6.07) is 0.879. The molecule has 1 heterocycles. The van der Waals surface area contributed by atoms with Gasteiger partial charge in [0.05, 0.1) is 25.4 Å². The summed E-state index contributed by atoms with van der Waals surface area (Å²) in [4.78, 5) is 64.4. The molecule has 0 amide bonds. The van der Waals surface area contributed by atoms with Crippen LogP contribution in [-0.2, 0) is 57.1 Å². The van der Waals surface area contributed by atoms with Crippen molar-refractivity contribution in [3.8, 4) is 0 Å². The van der Waals surface area contributed by atoms with Crippen LogP contribution in [0.15, 0.2) is 48.1 Å². The molecule has 0 unspecified atom stereocenters. The van der Waals surface area contributed by atoms with Crippen LogP contribution < -0.4 is 0 Å². The molecule has 1 aliphatic heterocycles. The first kappa shape index (κ1) is 48.5. The van der Waals surface area contributed by atoms with Gasteiger partial charge in [0.1, 0.15) is 24.7 Å². The molecule has 0 N–H and O–H groups in total. The van der Waals surface area contributed by atoms with Crippen molar-refractivity contribution in [2.45, 2.75) is 132 Å². The monoisotopic (exact) mass is 778 g/mol. The number of esters is 5. The molecule has 54 heavy (non-hydrogen) atoms. The van der Waals surface area contributed by atoms with E-state index < -0.39 is 85.8 Å². The van der Waals surface area contributed by atoms with Crippen molar-refractivity contribution in [3.63, 3.8) is 0 Å². The Bertz CT molecular complexity index is 1390. The summed E-state index contributed by atoms with van der Waals surface area (Å²) in [5, 5.41) is 0. The minimum absolute atomic E-state index is 0.114. The van der Waals surface area contributed by atoms with E-state index in [-0.39, 0.29) is 25.1 Å². The molecule has 0 aromatic carbocycles. The van der Waals surface area contributed by atoms with Crippen molar-refractivity contribution in [3.05, 3.63) is 48.1 Å². The number of hydrogen-bond acceptors (Lipinski definition) is 12. The maximum Gasteiger partial charge on any atom is 0.333 e. The van der Waals surface area contributed by atoms with E-state index >= 15 is 0 Å². The summed E-state index contributed by atoms with van der Waals surface area (Å²) in [7, 11) is -1.35. The minimum atomic E-state index is -1.35. The summed E-state index contributed by atoms with van der Waals surface area (Å²) in [5.74, 6) is -7.39. The van der Waals surface area contributed by atoms with Crippen LogP contribution in [0.5, 0.6) is 0 Å². The lowest BCUT2D eigenvalue weighted by Crippen LogP contribution is -2.59. The van der Waals surface area contributed by atoms with Crippen LogP contribution in [0.2, 0.25) is 25.7 Å². The van der Waals surface area contributed by atoms with Crippen LogP contribution in [0.25, 0.3) is 0 Å². The van der Waals surface area contributed by atoms with Crippen LogP contribution in [-0.4, -0.2) is 87.9 Å². The molecule has 9 atom stereocenters. The normalized spacial score (nSPS) is 22.5. The molecule has 306 valence electrons. The molecule has 1 aliphatic rings. The molecule has 12 nitrogen and oxygen atoms in total. The van der Waals surface area contributed by atoms with Gasteiger partial charge in [0.15, 0.2) is 5.79 Å². The predicted octanol–water partition coefficient (Wildman–Crippen LogP) is 7.15. The predicted molar refractivity (Wildman–Crippen MR) is 209 cm³/mol. The van der Waals surface area contributed by atoms with Gasteiger partial charge in [-0.15, -0.1) is 0 Å². The van der Waals surface area contributed by atoms with Crippen LogP contribution >= 0.6 is 0 Å². The molecule has 0 aromatic heterocycles. The Morgan fingerprint density at radius 2 is 1.39 bits per heavy atom. The third-order valence-corrected chi connectivity index (χ3v) is 10.9. The Morgan fingerprint density at radius 3 is 1.93 bits per heavy atom. The fraction of sp³-hybridized carbons (Fsp3) is 0.683. The van der Waals surface area contributed by atoms with Crippen LogP contribution in [0.3, 0.4) is 0 Å². The van der Waals surface area contributed by atoms with Crippen molar-refractivity contribution in [2.75, 3.05) is 19.8 Å². The van der Waals surface area contributed by atoms with Gasteiger partial charge in [0.2, 0.25) is 0 Å². The highest BCUT2D eigenvalue weighted by Gasteiger charge is 2.53. The molecular formula is C41H66O12Si. The van der Waals surface area contributed by atoms with Crippen molar-refractivity contribution in [1.82, 2.24) is 0 Å². The Kier molecular flexibility index (Phi) is 19.8. The summed E-state index contributed by atoms with van der Waals surface area (Å²) >= 11 is 0. The third-order valence-electron chi connectivity index (χ3n) is 9.16. The number of hydrogen-bond donors (Lipinski definition) is 0. The maximum atomic E-state index is 14.1. The fourth-order valence-electron chi connectivity index (χ4n) is 6.45. The van der Waals surface area contributed by atoms with E-state index in [0.29, 0.717) is 17.8 Å². The third kappa shape index (κ3) is 16.0. The van der Waals surface area contributed by atoms with Gasteiger partial charge in [-0.25, -0.2) is 9.59 Å². The van der Waals surface area contributed by atoms with Crippen molar-refractivity contribution in [1.29, 1.82) is 0 Å². The molecule has 0 aliphatic carbocycles. The van der Waals surface area contributed by atoms with E-state index in [1.165, 1.54) is 19.9 Å². The topological polar surface area (TPSA) is 150 Å². The highest BCUT2D eigenvalue weighted by molar-refractivity contribution is 6.76. The Morgan fingerprint density at radius 1 is 0.833 bits per heavy atom. The lowest BCUT2D eigenvalue weighted by Gasteiger charge is -2.50. The van der Waals surface area contributed by atoms with E-state index in [1.807, 2.05) is 19.9 Å². The van der Waals surface area contributed by atoms with Gasteiger partial charge in [-0.05, 0) is 40.7 Å². The van der Waals surface area contributed by atoms with E-state index in [4.69, 9.17) is 33.2 Å². The molecule has 0 radical (unpaired) electrons. The standard InChI is InChI=1S/C41H66O12Si/c1-16-21-48-40(46)33(36(51-32(10)43)29(7)34(50-31(9)42)27(5)24-28(6)39(45)47-17-2)37-30(8)35(52-41(11,12)53-37)25(3)19-18-20-26(4)38(44)49-22-23-54(13,14)15/h16,18-20,24-25,27,29-30,33-37H,1,17,21-23H2,2-15H3/b19-18-,26-20+,28-24+/t25-,27+,29-,30-,33+,34+,35-,36-,37-/m1/s1. The SMILES string of the molecule is C=CCOC(=O)[C@@H]([C@H](OC(C)=O)[C@H](C)[C@@H](OC(C)=O)[C@@H](C)/C=C(\C)C(=O)OCC)[C@@H]1OC(C)(C)O[C@H]([C@H](C)/C=C\C=C(/C)C(=O)OCC[Si](C)(C)C)[C@H]1C. The van der Waals surface area contributed by atoms with Crippen LogP contribution in [0.4, 0.5) is 0 Å². The zero-order chi connectivity index (χ0) is 41.6. The number of ether oxygens (including phenoxy) is 7. The summed E-state index contributed by atoms with van der Waals surface area (Å²) in [6.07, 6.45) is 4.85. The first-order valence-electron chi connectivity index (χ1n) is 18.8. The Hall–Kier alpha value is -3.55. The highest BCUT2D eigenvalue weighted by atomic mass is 28.3. The molecule has 1 fully saturated rings.